The van der Waals surface area contributed by atoms with Crippen molar-refractivity contribution in [1.29, 1.82) is 0 Å². The zero-order valence-electron chi connectivity index (χ0n) is 9.58. The van der Waals surface area contributed by atoms with E-state index in [4.69, 9.17) is 15.2 Å². The van der Waals surface area contributed by atoms with E-state index in [0.717, 1.165) is 25.7 Å². The Bertz CT molecular complexity index is 177. The van der Waals surface area contributed by atoms with E-state index in [1.807, 2.05) is 0 Å². The largest absolute Gasteiger partial charge is 0.394 e. The highest BCUT2D eigenvalue weighted by molar-refractivity contribution is 4.95. The second-order valence-electron chi connectivity index (χ2n) is 4.37. The van der Waals surface area contributed by atoms with Crippen LogP contribution in [0.4, 0.5) is 0 Å². The summed E-state index contributed by atoms with van der Waals surface area (Å²) in [6, 6.07) is 0. The van der Waals surface area contributed by atoms with Gasteiger partial charge in [-0.3, -0.25) is 0 Å². The van der Waals surface area contributed by atoms with Crippen molar-refractivity contribution in [2.45, 2.75) is 31.2 Å². The molecule has 1 fully saturated rings. The fraction of sp³-hybridized carbons (Fsp3) is 1.00. The van der Waals surface area contributed by atoms with Crippen molar-refractivity contribution in [2.24, 2.45) is 11.7 Å². The maximum Gasteiger partial charge on any atom is 0.0700 e. The molecule has 1 rings (SSSR count). The van der Waals surface area contributed by atoms with Gasteiger partial charge in [0.1, 0.15) is 0 Å². The van der Waals surface area contributed by atoms with Gasteiger partial charge in [0.2, 0.25) is 0 Å². The van der Waals surface area contributed by atoms with Crippen LogP contribution in [0.15, 0.2) is 0 Å². The fourth-order valence-corrected chi connectivity index (χ4v) is 2.28. The summed E-state index contributed by atoms with van der Waals surface area (Å²) in [5.41, 5.74) is 5.76. The Labute approximate surface area is 91.7 Å². The van der Waals surface area contributed by atoms with E-state index in [2.05, 4.69) is 0 Å². The molecule has 0 amide bonds. The smallest absolute Gasteiger partial charge is 0.0700 e. The Morgan fingerprint density at radius 2 is 2.20 bits per heavy atom. The van der Waals surface area contributed by atoms with Crippen LogP contribution in [0.5, 0.6) is 0 Å². The van der Waals surface area contributed by atoms with Crippen LogP contribution < -0.4 is 5.73 Å². The Morgan fingerprint density at radius 3 is 2.87 bits per heavy atom. The van der Waals surface area contributed by atoms with Gasteiger partial charge in [-0.2, -0.15) is 0 Å². The van der Waals surface area contributed by atoms with Gasteiger partial charge in [-0.1, -0.05) is 6.42 Å². The predicted octanol–water partition coefficient (Wildman–Crippen LogP) is 0.529. The van der Waals surface area contributed by atoms with E-state index in [1.165, 1.54) is 0 Å². The standard InChI is InChI=1S/C11H23NO3/c1-14-7-8-15-6-4-10-3-2-5-11(10,12)9-13/h10,13H,2-9,12H2,1H3. The van der Waals surface area contributed by atoms with Crippen molar-refractivity contribution >= 4 is 0 Å². The summed E-state index contributed by atoms with van der Waals surface area (Å²) in [5, 5.41) is 9.25. The molecule has 4 nitrogen and oxygen atoms in total. The molecule has 1 aliphatic carbocycles. The predicted molar refractivity (Wildman–Crippen MR) is 58.7 cm³/mol. The summed E-state index contributed by atoms with van der Waals surface area (Å²) in [7, 11) is 1.66. The summed E-state index contributed by atoms with van der Waals surface area (Å²) in [4.78, 5) is 0. The van der Waals surface area contributed by atoms with E-state index < -0.39 is 0 Å². The Morgan fingerprint density at radius 1 is 1.40 bits per heavy atom. The van der Waals surface area contributed by atoms with Gasteiger partial charge in [0.25, 0.3) is 0 Å². The first-order chi connectivity index (χ1) is 7.23. The number of rotatable bonds is 7. The van der Waals surface area contributed by atoms with Crippen LogP contribution in [0.1, 0.15) is 25.7 Å². The monoisotopic (exact) mass is 217 g/mol. The lowest BCUT2D eigenvalue weighted by Gasteiger charge is -2.29. The molecule has 1 saturated carbocycles. The van der Waals surface area contributed by atoms with Crippen LogP contribution in [0.3, 0.4) is 0 Å². The molecule has 0 aromatic carbocycles. The van der Waals surface area contributed by atoms with Crippen molar-refractivity contribution in [3.63, 3.8) is 0 Å². The van der Waals surface area contributed by atoms with Gasteiger partial charge in [0.15, 0.2) is 0 Å². The summed E-state index contributed by atoms with van der Waals surface area (Å²) in [6.07, 6.45) is 4.12. The van der Waals surface area contributed by atoms with Crippen molar-refractivity contribution in [3.8, 4) is 0 Å². The number of aliphatic hydroxyl groups excluding tert-OH is 1. The Kier molecular flexibility index (Phi) is 5.53. The van der Waals surface area contributed by atoms with Gasteiger partial charge in [0, 0.05) is 19.3 Å². The van der Waals surface area contributed by atoms with Gasteiger partial charge in [0.05, 0.1) is 19.8 Å². The average Bonchev–Trinajstić information content (AvgIpc) is 2.61. The van der Waals surface area contributed by atoms with E-state index in [9.17, 15) is 5.11 Å². The topological polar surface area (TPSA) is 64.7 Å². The SMILES string of the molecule is COCCOCCC1CCCC1(N)CO. The summed E-state index contributed by atoms with van der Waals surface area (Å²) in [6.45, 7) is 2.08. The maximum atomic E-state index is 9.25. The van der Waals surface area contributed by atoms with Crippen LogP contribution in [-0.4, -0.2) is 44.2 Å². The number of hydrogen-bond acceptors (Lipinski definition) is 4. The van der Waals surface area contributed by atoms with E-state index in [-0.39, 0.29) is 12.1 Å². The highest BCUT2D eigenvalue weighted by Crippen LogP contribution is 2.35. The molecule has 0 aromatic rings. The third kappa shape index (κ3) is 3.72. The minimum atomic E-state index is -0.357. The van der Waals surface area contributed by atoms with Gasteiger partial charge in [-0.05, 0) is 25.2 Å². The lowest BCUT2D eigenvalue weighted by molar-refractivity contribution is 0.0550. The lowest BCUT2D eigenvalue weighted by atomic mass is 9.87. The van der Waals surface area contributed by atoms with Gasteiger partial charge >= 0.3 is 0 Å². The average molecular weight is 217 g/mol. The molecule has 2 unspecified atom stereocenters. The molecule has 3 N–H and O–H groups in total. The number of hydrogen-bond donors (Lipinski definition) is 2. The number of methoxy groups -OCH3 is 1. The van der Waals surface area contributed by atoms with Crippen LogP contribution in [0.2, 0.25) is 0 Å². The summed E-state index contributed by atoms with van der Waals surface area (Å²) >= 11 is 0. The van der Waals surface area contributed by atoms with Crippen molar-refractivity contribution < 1.29 is 14.6 Å². The molecule has 0 aliphatic heterocycles. The van der Waals surface area contributed by atoms with E-state index in [0.29, 0.717) is 25.7 Å². The molecule has 0 spiro atoms. The molecule has 0 saturated heterocycles. The molecule has 0 aromatic heterocycles. The van der Waals surface area contributed by atoms with Crippen LogP contribution in [0, 0.1) is 5.92 Å². The first kappa shape index (κ1) is 12.9. The Hall–Kier alpha value is -0.160. The van der Waals surface area contributed by atoms with Crippen LogP contribution in [-0.2, 0) is 9.47 Å². The van der Waals surface area contributed by atoms with Crippen molar-refractivity contribution in [3.05, 3.63) is 0 Å². The first-order valence-corrected chi connectivity index (χ1v) is 5.69. The van der Waals surface area contributed by atoms with Crippen LogP contribution in [0.25, 0.3) is 0 Å². The molecule has 4 heteroatoms. The third-order valence-corrected chi connectivity index (χ3v) is 3.34. The summed E-state index contributed by atoms with van der Waals surface area (Å²) in [5.74, 6) is 0.407. The molecule has 0 radical (unpaired) electrons. The van der Waals surface area contributed by atoms with Gasteiger partial charge < -0.3 is 20.3 Å². The zero-order valence-corrected chi connectivity index (χ0v) is 9.58. The molecule has 1 aliphatic rings. The van der Waals surface area contributed by atoms with Gasteiger partial charge in [-0.25, -0.2) is 0 Å². The number of aliphatic hydroxyl groups is 1. The zero-order chi connectivity index (χ0) is 11.1. The van der Waals surface area contributed by atoms with Crippen molar-refractivity contribution in [1.82, 2.24) is 0 Å². The normalized spacial score (nSPS) is 31.0. The van der Waals surface area contributed by atoms with Crippen molar-refractivity contribution in [2.75, 3.05) is 33.5 Å². The highest BCUT2D eigenvalue weighted by Gasteiger charge is 2.38. The first-order valence-electron chi connectivity index (χ1n) is 5.69. The molecule has 15 heavy (non-hydrogen) atoms. The molecule has 2 atom stereocenters. The summed E-state index contributed by atoms with van der Waals surface area (Å²) < 4.78 is 10.3. The molecular weight excluding hydrogens is 194 g/mol. The fourth-order valence-electron chi connectivity index (χ4n) is 2.28. The quantitative estimate of drug-likeness (QED) is 0.611. The number of nitrogens with two attached hydrogens (primary N) is 1. The minimum Gasteiger partial charge on any atom is -0.394 e. The third-order valence-electron chi connectivity index (χ3n) is 3.34. The Balaban J connectivity index is 2.15. The number of ether oxygens (including phenoxy) is 2. The van der Waals surface area contributed by atoms with Gasteiger partial charge in [-0.15, -0.1) is 0 Å². The second kappa shape index (κ2) is 6.43. The maximum absolute atomic E-state index is 9.25. The highest BCUT2D eigenvalue weighted by atomic mass is 16.5. The minimum absolute atomic E-state index is 0.0930. The molecule has 0 heterocycles. The molecular formula is C11H23NO3. The molecule has 0 bridgehead atoms. The van der Waals surface area contributed by atoms with Crippen LogP contribution >= 0.6 is 0 Å². The van der Waals surface area contributed by atoms with E-state index >= 15 is 0 Å². The molecule has 90 valence electrons. The lowest BCUT2D eigenvalue weighted by Crippen LogP contribution is -2.47. The second-order valence-corrected chi connectivity index (χ2v) is 4.37. The van der Waals surface area contributed by atoms with E-state index in [1.54, 1.807) is 7.11 Å².